The molecule has 0 radical (unpaired) electrons. The summed E-state index contributed by atoms with van der Waals surface area (Å²) in [5.41, 5.74) is 0.595. The molecule has 3 aromatic rings. The van der Waals surface area contributed by atoms with E-state index in [0.29, 0.717) is 10.9 Å². The molecule has 1 unspecified atom stereocenters. The van der Waals surface area contributed by atoms with E-state index in [4.69, 9.17) is 4.52 Å². The predicted molar refractivity (Wildman–Crippen MR) is 112 cm³/mol. The number of anilines is 1. The van der Waals surface area contributed by atoms with Crippen LogP contribution in [0.5, 0.6) is 0 Å². The van der Waals surface area contributed by atoms with Gasteiger partial charge in [-0.15, -0.1) is 11.3 Å². The molecule has 1 aromatic carbocycles. The molecule has 0 bridgehead atoms. The van der Waals surface area contributed by atoms with Gasteiger partial charge in [0.15, 0.2) is 5.69 Å². The SMILES string of the molecule is COP(=O)(Nc1cc(-c2cc(C(F)(F)F)nn2C)sc1C(=O)O)c1ccc(C)cc1C. The fraction of sp³-hybridized carbons (Fsp3) is 0.263. The van der Waals surface area contributed by atoms with Crippen molar-refractivity contribution < 1.29 is 32.2 Å². The first-order valence-electron chi connectivity index (χ1n) is 8.86. The highest BCUT2D eigenvalue weighted by Crippen LogP contribution is 2.49. The van der Waals surface area contributed by atoms with Crippen LogP contribution >= 0.6 is 18.9 Å². The molecule has 0 saturated carbocycles. The van der Waals surface area contributed by atoms with E-state index in [1.165, 1.54) is 20.2 Å². The quantitative estimate of drug-likeness (QED) is 0.486. The highest BCUT2D eigenvalue weighted by atomic mass is 32.1. The van der Waals surface area contributed by atoms with E-state index in [1.54, 1.807) is 19.1 Å². The van der Waals surface area contributed by atoms with E-state index in [-0.39, 0.29) is 21.1 Å². The Balaban J connectivity index is 2.08. The number of alkyl halides is 3. The Labute approximate surface area is 180 Å². The molecule has 7 nitrogen and oxygen atoms in total. The molecule has 2 heterocycles. The van der Waals surface area contributed by atoms with Crippen molar-refractivity contribution in [3.8, 4) is 10.6 Å². The summed E-state index contributed by atoms with van der Waals surface area (Å²) in [5, 5.41) is 16.1. The highest BCUT2D eigenvalue weighted by molar-refractivity contribution is 7.68. The first-order valence-corrected chi connectivity index (χ1v) is 11.3. The molecular weight excluding hydrogens is 454 g/mol. The lowest BCUT2D eigenvalue weighted by Crippen LogP contribution is -2.17. The van der Waals surface area contributed by atoms with Gasteiger partial charge in [0.25, 0.3) is 0 Å². The Morgan fingerprint density at radius 3 is 2.45 bits per heavy atom. The Kier molecular flexibility index (Phi) is 6.05. The van der Waals surface area contributed by atoms with Crippen molar-refractivity contribution in [1.29, 1.82) is 0 Å². The molecular formula is C19H19F3N3O4PS. The topological polar surface area (TPSA) is 93.5 Å². The Hall–Kier alpha value is -2.62. The van der Waals surface area contributed by atoms with E-state index in [1.807, 2.05) is 13.0 Å². The fourth-order valence-corrected chi connectivity index (χ4v) is 5.87. The third-order valence-electron chi connectivity index (χ3n) is 4.54. The largest absolute Gasteiger partial charge is 0.477 e. The molecule has 0 amide bonds. The average molecular weight is 473 g/mol. The number of carbonyl (C=O) groups is 1. The molecule has 1 atom stereocenters. The van der Waals surface area contributed by atoms with Gasteiger partial charge >= 0.3 is 19.7 Å². The molecule has 166 valence electrons. The molecule has 0 fully saturated rings. The number of nitrogens with one attached hydrogen (secondary N) is 1. The Morgan fingerprint density at radius 1 is 1.26 bits per heavy atom. The van der Waals surface area contributed by atoms with E-state index < -0.39 is 25.4 Å². The molecule has 3 rings (SSSR count). The van der Waals surface area contributed by atoms with E-state index >= 15 is 0 Å². The van der Waals surface area contributed by atoms with E-state index in [0.717, 1.165) is 27.6 Å². The monoisotopic (exact) mass is 473 g/mol. The highest BCUT2D eigenvalue weighted by Gasteiger charge is 2.35. The van der Waals surface area contributed by atoms with Crippen molar-refractivity contribution in [3.05, 3.63) is 52.0 Å². The second-order valence-electron chi connectivity index (χ2n) is 6.83. The molecule has 2 N–H and O–H groups in total. The number of hydrogen-bond donors (Lipinski definition) is 2. The van der Waals surface area contributed by atoms with Gasteiger partial charge < -0.3 is 14.7 Å². The average Bonchev–Trinajstić information content (AvgIpc) is 3.24. The standard InChI is InChI=1S/C19H19F3N3O4PS/c1-10-5-6-14(11(2)7-10)30(28,29-4)24-12-8-15(31-17(12)18(26)27)13-9-16(19(20,21)22)23-25(13)3/h5-9H,1-4H3,(H,24,28)(H,26,27). The normalized spacial score (nSPS) is 13.8. The number of nitrogens with zero attached hydrogens (tertiary/aromatic N) is 2. The minimum Gasteiger partial charge on any atom is -0.477 e. The number of aromatic carboxylic acids is 1. The van der Waals surface area contributed by atoms with Crippen molar-refractivity contribution >= 4 is 35.8 Å². The Morgan fingerprint density at radius 2 is 1.94 bits per heavy atom. The fourth-order valence-electron chi connectivity index (χ4n) is 3.09. The van der Waals surface area contributed by atoms with Crippen LogP contribution in [0.2, 0.25) is 0 Å². The third-order valence-corrected chi connectivity index (χ3v) is 7.87. The number of halogens is 3. The van der Waals surface area contributed by atoms with Crippen molar-refractivity contribution in [2.24, 2.45) is 7.05 Å². The molecule has 2 aromatic heterocycles. The van der Waals surface area contributed by atoms with Gasteiger partial charge in [0, 0.05) is 14.2 Å². The summed E-state index contributed by atoms with van der Waals surface area (Å²) < 4.78 is 58.8. The summed E-state index contributed by atoms with van der Waals surface area (Å²) in [6.45, 7) is 3.62. The molecule has 0 aliphatic carbocycles. The van der Waals surface area contributed by atoms with Gasteiger partial charge in [-0.2, -0.15) is 18.3 Å². The summed E-state index contributed by atoms with van der Waals surface area (Å²) >= 11 is 0.745. The van der Waals surface area contributed by atoms with Crippen LogP contribution in [-0.4, -0.2) is 28.0 Å². The maximum Gasteiger partial charge on any atom is 0.435 e. The van der Waals surface area contributed by atoms with Gasteiger partial charge in [0.1, 0.15) is 4.88 Å². The van der Waals surface area contributed by atoms with Crippen LogP contribution in [0.15, 0.2) is 30.3 Å². The maximum atomic E-state index is 13.5. The molecule has 31 heavy (non-hydrogen) atoms. The van der Waals surface area contributed by atoms with Crippen LogP contribution in [0.1, 0.15) is 26.5 Å². The lowest BCUT2D eigenvalue weighted by atomic mass is 10.2. The number of aromatic nitrogens is 2. The number of benzene rings is 1. The van der Waals surface area contributed by atoms with Crippen molar-refractivity contribution in [2.75, 3.05) is 12.2 Å². The van der Waals surface area contributed by atoms with E-state index in [9.17, 15) is 27.6 Å². The molecule has 0 saturated heterocycles. The summed E-state index contributed by atoms with van der Waals surface area (Å²) in [7, 11) is -1.16. The van der Waals surface area contributed by atoms with Crippen molar-refractivity contribution in [1.82, 2.24) is 9.78 Å². The van der Waals surface area contributed by atoms with Gasteiger partial charge in [-0.3, -0.25) is 9.25 Å². The van der Waals surface area contributed by atoms with Gasteiger partial charge in [0.05, 0.1) is 21.6 Å². The first kappa shape index (κ1) is 23.1. The lowest BCUT2D eigenvalue weighted by molar-refractivity contribution is -0.141. The minimum atomic E-state index is -4.64. The van der Waals surface area contributed by atoms with Crippen LogP contribution in [0, 0.1) is 13.8 Å². The zero-order valence-corrected chi connectivity index (χ0v) is 18.7. The summed E-state index contributed by atoms with van der Waals surface area (Å²) in [4.78, 5) is 11.8. The third kappa shape index (κ3) is 4.53. The van der Waals surface area contributed by atoms with Gasteiger partial charge in [-0.25, -0.2) is 4.79 Å². The number of rotatable bonds is 6. The molecule has 0 spiro atoms. The number of aryl methyl sites for hydroxylation is 3. The second kappa shape index (κ2) is 8.14. The smallest absolute Gasteiger partial charge is 0.435 e. The number of thiophene rings is 1. The van der Waals surface area contributed by atoms with Gasteiger partial charge in [-0.05, 0) is 37.6 Å². The van der Waals surface area contributed by atoms with Crippen LogP contribution < -0.4 is 10.4 Å². The van der Waals surface area contributed by atoms with Gasteiger partial charge in [0.2, 0.25) is 0 Å². The van der Waals surface area contributed by atoms with Crippen molar-refractivity contribution in [2.45, 2.75) is 20.0 Å². The first-order chi connectivity index (χ1) is 14.4. The van der Waals surface area contributed by atoms with Crippen LogP contribution in [0.3, 0.4) is 0 Å². The minimum absolute atomic E-state index is 0.0209. The van der Waals surface area contributed by atoms with Gasteiger partial charge in [-0.1, -0.05) is 17.7 Å². The summed E-state index contributed by atoms with van der Waals surface area (Å²) in [5.74, 6) is -1.32. The maximum absolute atomic E-state index is 13.5. The predicted octanol–water partition coefficient (Wildman–Crippen LogP) is 5.06. The molecule has 0 aliphatic rings. The number of hydrogen-bond acceptors (Lipinski definition) is 5. The van der Waals surface area contributed by atoms with Crippen LogP contribution in [0.25, 0.3) is 10.6 Å². The van der Waals surface area contributed by atoms with Crippen molar-refractivity contribution in [3.63, 3.8) is 0 Å². The zero-order valence-electron chi connectivity index (χ0n) is 16.9. The summed E-state index contributed by atoms with van der Waals surface area (Å²) in [6.07, 6.45) is -4.64. The number of carboxylic acid groups (broad SMARTS) is 1. The zero-order chi connectivity index (χ0) is 23.1. The van der Waals surface area contributed by atoms with Crippen LogP contribution in [-0.2, 0) is 22.3 Å². The van der Waals surface area contributed by atoms with E-state index in [2.05, 4.69) is 10.2 Å². The molecule has 12 heteroatoms. The number of carboxylic acids is 1. The Bertz CT molecular complexity index is 1200. The molecule has 0 aliphatic heterocycles. The second-order valence-corrected chi connectivity index (χ2v) is 10.1. The van der Waals surface area contributed by atoms with Crippen LogP contribution in [0.4, 0.5) is 18.9 Å². The lowest BCUT2D eigenvalue weighted by Gasteiger charge is -2.20. The summed E-state index contributed by atoms with van der Waals surface area (Å²) in [6, 6.07) is 7.36.